The Morgan fingerprint density at radius 2 is 1.56 bits per heavy atom. The first-order chi connectivity index (χ1) is 12.6. The summed E-state index contributed by atoms with van der Waals surface area (Å²) in [5.74, 6) is -4.09. The van der Waals surface area contributed by atoms with E-state index in [1.807, 2.05) is 0 Å². The standard InChI is InChI=1S/C16H22N4O7/c17-10(7-21)14(24)19-11(6-13(18)23)15(25)20-12(16(26)27)5-8-1-3-9(22)4-2-8/h1-4,10-12,21-22H,5-7,17H2,(H2,18,23)(H,19,24)(H,20,25)(H,26,27)/t10-,11-,12-/m0/s1. The molecule has 11 nitrogen and oxygen atoms in total. The molecule has 0 aliphatic rings. The highest BCUT2D eigenvalue weighted by Gasteiger charge is 2.29. The number of phenolic OH excluding ortho intramolecular Hbond substituents is 1. The minimum Gasteiger partial charge on any atom is -0.508 e. The van der Waals surface area contributed by atoms with Gasteiger partial charge in [0.1, 0.15) is 23.9 Å². The summed E-state index contributed by atoms with van der Waals surface area (Å²) in [6.45, 7) is -0.685. The van der Waals surface area contributed by atoms with Gasteiger partial charge in [-0.25, -0.2) is 4.79 Å². The van der Waals surface area contributed by atoms with Gasteiger partial charge >= 0.3 is 5.97 Å². The molecule has 0 saturated heterocycles. The fourth-order valence-corrected chi connectivity index (χ4v) is 2.11. The molecule has 0 saturated carbocycles. The lowest BCUT2D eigenvalue weighted by Crippen LogP contribution is -2.56. The average Bonchev–Trinajstić information content (AvgIpc) is 2.60. The molecule has 9 N–H and O–H groups in total. The van der Waals surface area contributed by atoms with Crippen LogP contribution < -0.4 is 22.1 Å². The van der Waals surface area contributed by atoms with E-state index >= 15 is 0 Å². The highest BCUT2D eigenvalue weighted by atomic mass is 16.4. The van der Waals surface area contributed by atoms with Crippen molar-refractivity contribution in [2.45, 2.75) is 31.0 Å². The van der Waals surface area contributed by atoms with Crippen molar-refractivity contribution < 1.29 is 34.5 Å². The maximum atomic E-state index is 12.3. The number of carboxylic acid groups (broad SMARTS) is 1. The Labute approximate surface area is 154 Å². The Balaban J connectivity index is 2.87. The lowest BCUT2D eigenvalue weighted by atomic mass is 10.0. The topological polar surface area (TPSA) is 205 Å². The average molecular weight is 382 g/mol. The van der Waals surface area contributed by atoms with Gasteiger partial charge in [-0.15, -0.1) is 0 Å². The van der Waals surface area contributed by atoms with Crippen LogP contribution >= 0.6 is 0 Å². The van der Waals surface area contributed by atoms with Crippen LogP contribution in [0.2, 0.25) is 0 Å². The number of aliphatic hydroxyl groups excluding tert-OH is 1. The number of aliphatic carboxylic acids is 1. The van der Waals surface area contributed by atoms with E-state index in [0.717, 1.165) is 0 Å². The molecule has 0 fully saturated rings. The minimum atomic E-state index is -1.45. The third-order valence-corrected chi connectivity index (χ3v) is 3.56. The summed E-state index contributed by atoms with van der Waals surface area (Å²) in [6, 6.07) is 1.57. The maximum Gasteiger partial charge on any atom is 0.326 e. The molecular weight excluding hydrogens is 360 g/mol. The molecule has 0 unspecified atom stereocenters. The van der Waals surface area contributed by atoms with Crippen molar-refractivity contribution in [2.75, 3.05) is 6.61 Å². The molecule has 3 atom stereocenters. The summed E-state index contributed by atoms with van der Waals surface area (Å²) in [4.78, 5) is 46.7. The largest absolute Gasteiger partial charge is 0.508 e. The number of nitrogens with one attached hydrogen (secondary N) is 2. The van der Waals surface area contributed by atoms with Crippen molar-refractivity contribution in [3.05, 3.63) is 29.8 Å². The first kappa shape index (κ1) is 21.9. The van der Waals surface area contributed by atoms with Gasteiger partial charge in [-0.1, -0.05) is 12.1 Å². The van der Waals surface area contributed by atoms with E-state index in [9.17, 15) is 29.4 Å². The summed E-state index contributed by atoms with van der Waals surface area (Å²) >= 11 is 0. The highest BCUT2D eigenvalue weighted by Crippen LogP contribution is 2.11. The van der Waals surface area contributed by atoms with Crippen LogP contribution in [0, 0.1) is 0 Å². The van der Waals surface area contributed by atoms with Crippen LogP contribution in [0.4, 0.5) is 0 Å². The van der Waals surface area contributed by atoms with Gasteiger partial charge in [-0.05, 0) is 17.7 Å². The van der Waals surface area contributed by atoms with E-state index in [1.54, 1.807) is 0 Å². The Hall–Kier alpha value is -3.18. The van der Waals surface area contributed by atoms with Crippen LogP contribution in [0.1, 0.15) is 12.0 Å². The number of benzene rings is 1. The molecule has 11 heteroatoms. The van der Waals surface area contributed by atoms with E-state index in [-0.39, 0.29) is 12.2 Å². The number of nitrogens with two attached hydrogens (primary N) is 2. The van der Waals surface area contributed by atoms with Crippen LogP contribution in [-0.2, 0) is 25.6 Å². The number of carboxylic acids is 1. The molecule has 0 radical (unpaired) electrons. The molecule has 27 heavy (non-hydrogen) atoms. The van der Waals surface area contributed by atoms with Crippen LogP contribution in [0.5, 0.6) is 5.75 Å². The second-order valence-corrected chi connectivity index (χ2v) is 5.79. The molecule has 0 aliphatic heterocycles. The van der Waals surface area contributed by atoms with E-state index < -0.39 is 54.8 Å². The highest BCUT2D eigenvalue weighted by molar-refractivity contribution is 5.94. The van der Waals surface area contributed by atoms with Crippen molar-refractivity contribution in [1.29, 1.82) is 0 Å². The van der Waals surface area contributed by atoms with Gasteiger partial charge < -0.3 is 37.4 Å². The third-order valence-electron chi connectivity index (χ3n) is 3.56. The summed E-state index contributed by atoms with van der Waals surface area (Å²) in [5.41, 5.74) is 10.9. The molecule has 0 aromatic heterocycles. The number of carbonyl (C=O) groups excluding carboxylic acids is 3. The lowest BCUT2D eigenvalue weighted by molar-refractivity contribution is -0.142. The molecular formula is C16H22N4O7. The number of aromatic hydroxyl groups is 1. The Bertz CT molecular complexity index is 693. The molecule has 0 bridgehead atoms. The number of aliphatic hydroxyl groups is 1. The van der Waals surface area contributed by atoms with E-state index in [0.29, 0.717) is 5.56 Å². The van der Waals surface area contributed by atoms with E-state index in [2.05, 4.69) is 10.6 Å². The zero-order chi connectivity index (χ0) is 20.6. The number of phenols is 1. The third kappa shape index (κ3) is 7.30. The quantitative estimate of drug-likeness (QED) is 0.224. The molecule has 0 aliphatic carbocycles. The first-order valence-electron chi connectivity index (χ1n) is 7.90. The van der Waals surface area contributed by atoms with E-state index in [1.165, 1.54) is 24.3 Å². The number of amides is 3. The molecule has 1 rings (SSSR count). The first-order valence-corrected chi connectivity index (χ1v) is 7.90. The second-order valence-electron chi connectivity index (χ2n) is 5.79. The summed E-state index contributed by atoms with van der Waals surface area (Å²) in [7, 11) is 0. The van der Waals surface area contributed by atoms with Crippen molar-refractivity contribution in [3.8, 4) is 5.75 Å². The SMILES string of the molecule is NC(=O)C[C@H](NC(=O)[C@@H](N)CO)C(=O)N[C@@H](Cc1ccc(O)cc1)C(=O)O. The maximum absolute atomic E-state index is 12.3. The van der Waals surface area contributed by atoms with Gasteiger partial charge in [-0.2, -0.15) is 0 Å². The molecule has 1 aromatic carbocycles. The smallest absolute Gasteiger partial charge is 0.326 e. The second kappa shape index (κ2) is 10.1. The predicted molar refractivity (Wildman–Crippen MR) is 92.2 cm³/mol. The summed E-state index contributed by atoms with van der Waals surface area (Å²) in [6.07, 6.45) is -0.685. The van der Waals surface area contributed by atoms with Crippen molar-refractivity contribution in [2.24, 2.45) is 11.5 Å². The van der Waals surface area contributed by atoms with Crippen molar-refractivity contribution >= 4 is 23.7 Å². The van der Waals surface area contributed by atoms with Crippen molar-refractivity contribution in [3.63, 3.8) is 0 Å². The van der Waals surface area contributed by atoms with E-state index in [4.69, 9.17) is 16.6 Å². The molecule has 148 valence electrons. The zero-order valence-corrected chi connectivity index (χ0v) is 14.3. The fourth-order valence-electron chi connectivity index (χ4n) is 2.11. The monoisotopic (exact) mass is 382 g/mol. The number of hydrogen-bond donors (Lipinski definition) is 7. The fraction of sp³-hybridized carbons (Fsp3) is 0.375. The lowest BCUT2D eigenvalue weighted by Gasteiger charge is -2.21. The number of primary amides is 1. The summed E-state index contributed by atoms with van der Waals surface area (Å²) in [5, 5.41) is 31.8. The van der Waals surface area contributed by atoms with Gasteiger partial charge in [0, 0.05) is 6.42 Å². The Morgan fingerprint density at radius 3 is 2.04 bits per heavy atom. The minimum absolute atomic E-state index is 0.000817. The van der Waals surface area contributed by atoms with Gasteiger partial charge in [0.2, 0.25) is 17.7 Å². The van der Waals surface area contributed by atoms with Gasteiger partial charge in [0.15, 0.2) is 0 Å². The molecule has 1 aromatic rings. The van der Waals surface area contributed by atoms with Crippen LogP contribution in [0.3, 0.4) is 0 Å². The number of carbonyl (C=O) groups is 4. The van der Waals surface area contributed by atoms with Crippen LogP contribution in [0.25, 0.3) is 0 Å². The van der Waals surface area contributed by atoms with Gasteiger partial charge in [-0.3, -0.25) is 14.4 Å². The molecule has 0 spiro atoms. The number of rotatable bonds is 10. The number of hydrogen-bond acceptors (Lipinski definition) is 7. The van der Waals surface area contributed by atoms with Crippen molar-refractivity contribution in [1.82, 2.24) is 10.6 Å². The zero-order valence-electron chi connectivity index (χ0n) is 14.3. The van der Waals surface area contributed by atoms with Crippen LogP contribution in [-0.4, -0.2) is 63.7 Å². The molecule has 0 heterocycles. The predicted octanol–water partition coefficient (Wildman–Crippen LogP) is -2.82. The van der Waals surface area contributed by atoms with Gasteiger partial charge in [0.25, 0.3) is 0 Å². The normalized spacial score (nSPS) is 13.9. The Morgan fingerprint density at radius 1 is 1.00 bits per heavy atom. The van der Waals surface area contributed by atoms with Gasteiger partial charge in [0.05, 0.1) is 13.0 Å². The Kier molecular flexibility index (Phi) is 8.17. The summed E-state index contributed by atoms with van der Waals surface area (Å²) < 4.78 is 0. The molecule has 3 amide bonds. The van der Waals surface area contributed by atoms with Crippen LogP contribution in [0.15, 0.2) is 24.3 Å².